The van der Waals surface area contributed by atoms with Crippen LogP contribution >= 0.6 is 11.3 Å². The third kappa shape index (κ3) is 5.56. The number of benzene rings is 1. The maximum absolute atomic E-state index is 12.7. The van der Waals surface area contributed by atoms with Crippen LogP contribution in [0.4, 0.5) is 18.9 Å². The molecule has 31 heavy (non-hydrogen) atoms. The first-order valence-corrected chi connectivity index (χ1v) is 10.9. The molecule has 1 aliphatic heterocycles. The van der Waals surface area contributed by atoms with Gasteiger partial charge < -0.3 is 15.0 Å². The summed E-state index contributed by atoms with van der Waals surface area (Å²) in [5.41, 5.74) is 1.70. The average molecular weight is 453 g/mol. The van der Waals surface area contributed by atoms with Crippen molar-refractivity contribution in [1.29, 1.82) is 0 Å². The van der Waals surface area contributed by atoms with Gasteiger partial charge >= 0.3 is 6.36 Å². The zero-order chi connectivity index (χ0) is 22.0. The summed E-state index contributed by atoms with van der Waals surface area (Å²) in [7, 11) is 0. The van der Waals surface area contributed by atoms with Gasteiger partial charge in [-0.2, -0.15) is 0 Å². The molecule has 1 saturated heterocycles. The van der Waals surface area contributed by atoms with Crippen LogP contribution in [0.15, 0.2) is 30.3 Å². The molecular weight excluding hydrogens is 431 g/mol. The molecule has 2 aromatic rings. The topological polar surface area (TPSA) is 61.9 Å². The summed E-state index contributed by atoms with van der Waals surface area (Å²) >= 11 is 1.60. The summed E-state index contributed by atoms with van der Waals surface area (Å²) in [5.74, 6) is -0.550. The molecule has 10 heteroatoms. The number of nitrogens with one attached hydrogen (secondary N) is 1. The molecule has 0 bridgehead atoms. The van der Waals surface area contributed by atoms with Crippen molar-refractivity contribution in [2.24, 2.45) is 0 Å². The highest BCUT2D eigenvalue weighted by Gasteiger charge is 2.31. The molecule has 166 valence electrons. The molecule has 2 aliphatic rings. The van der Waals surface area contributed by atoms with E-state index in [2.05, 4.69) is 10.1 Å². The molecule has 0 spiro atoms. The number of carbonyl (C=O) groups is 2. The Hall–Kier alpha value is -2.59. The van der Waals surface area contributed by atoms with Crippen LogP contribution in [-0.4, -0.2) is 60.7 Å². The van der Waals surface area contributed by atoms with Crippen LogP contribution < -0.4 is 10.1 Å². The molecule has 1 aromatic carbocycles. The Morgan fingerprint density at radius 2 is 1.77 bits per heavy atom. The molecule has 1 N–H and O–H groups in total. The summed E-state index contributed by atoms with van der Waals surface area (Å²) in [6, 6.07) is 7.03. The van der Waals surface area contributed by atoms with Gasteiger partial charge in [-0.25, -0.2) is 0 Å². The van der Waals surface area contributed by atoms with Gasteiger partial charge in [0.1, 0.15) is 5.75 Å². The van der Waals surface area contributed by atoms with Crippen LogP contribution in [0.2, 0.25) is 0 Å². The molecule has 6 nitrogen and oxygen atoms in total. The summed E-state index contributed by atoms with van der Waals surface area (Å²) in [5, 5.41) is 2.66. The van der Waals surface area contributed by atoms with E-state index < -0.39 is 6.36 Å². The van der Waals surface area contributed by atoms with E-state index in [1.807, 2.05) is 15.9 Å². The van der Waals surface area contributed by atoms with Crippen LogP contribution in [0, 0.1) is 0 Å². The van der Waals surface area contributed by atoms with Gasteiger partial charge in [0.05, 0.1) is 11.4 Å². The maximum atomic E-state index is 12.7. The lowest BCUT2D eigenvalue weighted by atomic mass is 10.2. The van der Waals surface area contributed by atoms with Gasteiger partial charge in [-0.05, 0) is 55.2 Å². The Kier molecular flexibility index (Phi) is 6.19. The largest absolute Gasteiger partial charge is 0.573 e. The van der Waals surface area contributed by atoms with E-state index in [4.69, 9.17) is 0 Å². The highest BCUT2D eigenvalue weighted by Crippen LogP contribution is 2.31. The van der Waals surface area contributed by atoms with E-state index in [0.717, 1.165) is 29.9 Å². The maximum Gasteiger partial charge on any atom is 0.573 e. The predicted octanol–water partition coefficient (Wildman–Crippen LogP) is 3.53. The van der Waals surface area contributed by atoms with E-state index in [9.17, 15) is 22.8 Å². The molecule has 0 radical (unpaired) electrons. The third-order valence-corrected chi connectivity index (χ3v) is 6.58. The lowest BCUT2D eigenvalue weighted by molar-refractivity contribution is -0.274. The van der Waals surface area contributed by atoms with E-state index in [0.29, 0.717) is 31.9 Å². The van der Waals surface area contributed by atoms with Gasteiger partial charge in [-0.3, -0.25) is 14.5 Å². The van der Waals surface area contributed by atoms with Crippen LogP contribution in [0.25, 0.3) is 0 Å². The number of carbonyl (C=O) groups excluding carboxylic acids is 2. The second-order valence-electron chi connectivity index (χ2n) is 7.60. The number of aryl methyl sites for hydroxylation is 2. The molecular formula is C21H22F3N3O3S. The first kappa shape index (κ1) is 21.6. The first-order chi connectivity index (χ1) is 14.8. The van der Waals surface area contributed by atoms with Crippen LogP contribution in [0.3, 0.4) is 0 Å². The molecule has 2 amide bonds. The van der Waals surface area contributed by atoms with Crippen LogP contribution in [0.1, 0.15) is 26.5 Å². The Balaban J connectivity index is 1.23. The molecule has 0 atom stereocenters. The Morgan fingerprint density at radius 1 is 1.06 bits per heavy atom. The average Bonchev–Trinajstić information content (AvgIpc) is 3.31. The fourth-order valence-corrected chi connectivity index (χ4v) is 5.06. The summed E-state index contributed by atoms with van der Waals surface area (Å²) in [6.07, 6.45) is -1.46. The third-order valence-electron chi connectivity index (χ3n) is 5.36. The quantitative estimate of drug-likeness (QED) is 0.753. The van der Waals surface area contributed by atoms with Crippen molar-refractivity contribution in [2.75, 3.05) is 38.0 Å². The van der Waals surface area contributed by atoms with Crippen molar-refractivity contribution in [3.05, 3.63) is 45.6 Å². The normalized spacial score (nSPS) is 16.8. The van der Waals surface area contributed by atoms with E-state index in [1.165, 1.54) is 29.0 Å². The minimum atomic E-state index is -4.75. The number of piperazine rings is 1. The number of nitrogens with zero attached hydrogens (tertiary/aromatic N) is 2. The zero-order valence-electron chi connectivity index (χ0n) is 16.7. The lowest BCUT2D eigenvalue weighted by Crippen LogP contribution is -2.50. The number of hydrogen-bond donors (Lipinski definition) is 1. The second kappa shape index (κ2) is 8.88. The van der Waals surface area contributed by atoms with E-state index >= 15 is 0 Å². The van der Waals surface area contributed by atoms with Crippen LogP contribution in [-0.2, 0) is 17.6 Å². The molecule has 0 saturated carbocycles. The number of rotatable bonds is 5. The smallest absolute Gasteiger partial charge is 0.406 e. The van der Waals surface area contributed by atoms with Gasteiger partial charge in [-0.1, -0.05) is 0 Å². The van der Waals surface area contributed by atoms with E-state index in [-0.39, 0.29) is 24.1 Å². The minimum Gasteiger partial charge on any atom is -0.406 e. The monoisotopic (exact) mass is 453 g/mol. The predicted molar refractivity (Wildman–Crippen MR) is 110 cm³/mol. The Morgan fingerprint density at radius 3 is 2.42 bits per heavy atom. The highest BCUT2D eigenvalue weighted by molar-refractivity contribution is 7.14. The molecule has 4 rings (SSSR count). The minimum absolute atomic E-state index is 0.0599. The number of halogens is 3. The molecule has 1 aliphatic carbocycles. The van der Waals surface area contributed by atoms with Crippen molar-refractivity contribution >= 4 is 28.8 Å². The number of amides is 2. The van der Waals surface area contributed by atoms with Crippen molar-refractivity contribution in [3.63, 3.8) is 0 Å². The Labute approximate surface area is 181 Å². The van der Waals surface area contributed by atoms with Gasteiger partial charge in [0.25, 0.3) is 5.91 Å². The number of fused-ring (bicyclic) bond motifs is 1. The summed E-state index contributed by atoms with van der Waals surface area (Å²) in [6.45, 7) is 2.43. The number of alkyl halides is 3. The standard InChI is InChI=1S/C21H22F3N3O3S/c22-21(23,24)30-16-6-4-15(5-7-16)25-19(28)13-26-8-10-27(11-9-26)20(29)18-12-14-2-1-3-17(14)31-18/h4-7,12H,1-3,8-11,13H2,(H,25,28). The molecule has 1 aromatic heterocycles. The number of anilines is 1. The highest BCUT2D eigenvalue weighted by atomic mass is 32.1. The van der Waals surface area contributed by atoms with Gasteiger partial charge in [0, 0.05) is 36.7 Å². The van der Waals surface area contributed by atoms with Crippen molar-refractivity contribution in [1.82, 2.24) is 9.80 Å². The second-order valence-corrected chi connectivity index (χ2v) is 8.74. The lowest BCUT2D eigenvalue weighted by Gasteiger charge is -2.34. The van der Waals surface area contributed by atoms with E-state index in [1.54, 1.807) is 11.3 Å². The Bertz CT molecular complexity index is 930. The van der Waals surface area contributed by atoms with Crippen molar-refractivity contribution in [3.8, 4) is 5.75 Å². The van der Waals surface area contributed by atoms with Gasteiger partial charge in [0.2, 0.25) is 5.91 Å². The summed E-state index contributed by atoms with van der Waals surface area (Å²) in [4.78, 5) is 30.9. The van der Waals surface area contributed by atoms with Crippen molar-refractivity contribution < 1.29 is 27.5 Å². The number of ether oxygens (including phenoxy) is 1. The molecule has 2 heterocycles. The summed E-state index contributed by atoms with van der Waals surface area (Å²) < 4.78 is 40.4. The number of hydrogen-bond acceptors (Lipinski definition) is 5. The van der Waals surface area contributed by atoms with Gasteiger partial charge in [-0.15, -0.1) is 24.5 Å². The number of thiophene rings is 1. The van der Waals surface area contributed by atoms with Crippen molar-refractivity contribution in [2.45, 2.75) is 25.6 Å². The fraction of sp³-hybridized carbons (Fsp3) is 0.429. The van der Waals surface area contributed by atoms with Crippen LogP contribution in [0.5, 0.6) is 5.75 Å². The molecule has 1 fully saturated rings. The van der Waals surface area contributed by atoms with Gasteiger partial charge in [0.15, 0.2) is 0 Å². The zero-order valence-corrected chi connectivity index (χ0v) is 17.5. The fourth-order valence-electron chi connectivity index (χ4n) is 3.84. The SMILES string of the molecule is O=C(CN1CCN(C(=O)c2cc3c(s2)CCC3)CC1)Nc1ccc(OC(F)(F)F)cc1. The first-order valence-electron chi connectivity index (χ1n) is 10.1. The molecule has 0 unspecified atom stereocenters.